The predicted octanol–water partition coefficient (Wildman–Crippen LogP) is 3.40. The van der Waals surface area contributed by atoms with Crippen molar-refractivity contribution in [1.82, 2.24) is 0 Å². The van der Waals surface area contributed by atoms with Crippen LogP contribution < -0.4 is 4.74 Å². The molecule has 5 heteroatoms. The van der Waals surface area contributed by atoms with Gasteiger partial charge in [0, 0.05) is 0 Å². The van der Waals surface area contributed by atoms with Crippen molar-refractivity contribution in [2.45, 2.75) is 26.1 Å². The van der Waals surface area contributed by atoms with Gasteiger partial charge in [0.05, 0.1) is 18.8 Å². The Morgan fingerprint density at radius 1 is 1.24 bits per heavy atom. The maximum absolute atomic E-state index is 12.8. The summed E-state index contributed by atoms with van der Waals surface area (Å²) in [4.78, 5) is 0. The largest absolute Gasteiger partial charge is 0.497 e. The first-order chi connectivity index (χ1) is 7.77. The van der Waals surface area contributed by atoms with Crippen molar-refractivity contribution in [3.05, 3.63) is 29.3 Å². The van der Waals surface area contributed by atoms with Gasteiger partial charge in [-0.05, 0) is 23.6 Å². The highest BCUT2D eigenvalue weighted by Crippen LogP contribution is 2.38. The van der Waals surface area contributed by atoms with Gasteiger partial charge < -0.3 is 9.84 Å². The van der Waals surface area contributed by atoms with Crippen LogP contribution in [0.2, 0.25) is 0 Å². The van der Waals surface area contributed by atoms with E-state index in [1.54, 1.807) is 13.8 Å². The number of alkyl halides is 3. The Kier molecular flexibility index (Phi) is 4.03. The monoisotopic (exact) mass is 248 g/mol. The molecule has 0 aliphatic heterocycles. The number of rotatable bonds is 3. The van der Waals surface area contributed by atoms with Crippen LogP contribution in [0, 0.1) is 5.92 Å². The molecule has 0 aliphatic rings. The lowest BCUT2D eigenvalue weighted by Crippen LogP contribution is -2.15. The first-order valence-corrected chi connectivity index (χ1v) is 5.20. The molecule has 0 bridgehead atoms. The fourth-order valence-electron chi connectivity index (χ4n) is 1.52. The molecule has 0 aliphatic carbocycles. The maximum Gasteiger partial charge on any atom is 0.416 e. The van der Waals surface area contributed by atoms with Gasteiger partial charge in [-0.15, -0.1) is 0 Å². The quantitative estimate of drug-likeness (QED) is 0.888. The number of aliphatic hydroxyl groups is 1. The third-order valence-electron chi connectivity index (χ3n) is 2.52. The number of halogens is 3. The fraction of sp³-hybridized carbons (Fsp3) is 0.500. The molecule has 1 atom stereocenters. The third kappa shape index (κ3) is 3.12. The Bertz CT molecular complexity index is 386. The molecule has 2 nitrogen and oxygen atoms in total. The SMILES string of the molecule is COc1ccc([C@H](O)C(C)C)c(C(F)(F)F)c1. The molecule has 0 fully saturated rings. The Hall–Kier alpha value is -1.23. The molecule has 0 heterocycles. The number of benzene rings is 1. The number of aliphatic hydroxyl groups excluding tert-OH is 1. The Balaban J connectivity index is 3.30. The Morgan fingerprint density at radius 2 is 1.82 bits per heavy atom. The second kappa shape index (κ2) is 4.96. The molecule has 1 aromatic rings. The lowest BCUT2D eigenvalue weighted by atomic mass is 9.94. The van der Waals surface area contributed by atoms with Crippen LogP contribution in [0.5, 0.6) is 5.75 Å². The minimum atomic E-state index is -4.50. The van der Waals surface area contributed by atoms with Crippen molar-refractivity contribution in [2.24, 2.45) is 5.92 Å². The van der Waals surface area contributed by atoms with E-state index in [2.05, 4.69) is 0 Å². The summed E-state index contributed by atoms with van der Waals surface area (Å²) in [6, 6.07) is 3.57. The summed E-state index contributed by atoms with van der Waals surface area (Å²) < 4.78 is 43.2. The molecule has 0 radical (unpaired) electrons. The van der Waals surface area contributed by atoms with Gasteiger partial charge in [0.25, 0.3) is 0 Å². The molecular formula is C12H15F3O2. The minimum absolute atomic E-state index is 0.117. The van der Waals surface area contributed by atoms with Crippen LogP contribution in [0.25, 0.3) is 0 Å². The normalized spacial score (nSPS) is 13.9. The molecule has 17 heavy (non-hydrogen) atoms. The van der Waals surface area contributed by atoms with Crippen LogP contribution in [-0.2, 0) is 6.18 Å². The van der Waals surface area contributed by atoms with Crippen molar-refractivity contribution >= 4 is 0 Å². The molecule has 1 aromatic carbocycles. The lowest BCUT2D eigenvalue weighted by molar-refractivity contribution is -0.139. The van der Waals surface area contributed by atoms with Crippen LogP contribution in [0.3, 0.4) is 0 Å². The van der Waals surface area contributed by atoms with E-state index in [0.29, 0.717) is 0 Å². The van der Waals surface area contributed by atoms with Gasteiger partial charge in [0.1, 0.15) is 5.75 Å². The number of hydrogen-bond acceptors (Lipinski definition) is 2. The van der Waals surface area contributed by atoms with Gasteiger partial charge in [-0.3, -0.25) is 0 Å². The zero-order chi connectivity index (χ0) is 13.2. The molecule has 0 amide bonds. The van der Waals surface area contributed by atoms with Gasteiger partial charge in [0.15, 0.2) is 0 Å². The van der Waals surface area contributed by atoms with Crippen LogP contribution in [0.15, 0.2) is 18.2 Å². The fourth-order valence-corrected chi connectivity index (χ4v) is 1.52. The smallest absolute Gasteiger partial charge is 0.416 e. The molecule has 0 aromatic heterocycles. The second-order valence-corrected chi connectivity index (χ2v) is 4.14. The highest BCUT2D eigenvalue weighted by atomic mass is 19.4. The third-order valence-corrected chi connectivity index (χ3v) is 2.52. The van der Waals surface area contributed by atoms with Gasteiger partial charge >= 0.3 is 6.18 Å². The van der Waals surface area contributed by atoms with Crippen LogP contribution in [0.4, 0.5) is 13.2 Å². The van der Waals surface area contributed by atoms with Crippen molar-refractivity contribution < 1.29 is 23.0 Å². The second-order valence-electron chi connectivity index (χ2n) is 4.14. The number of methoxy groups -OCH3 is 1. The average Bonchev–Trinajstić information content (AvgIpc) is 2.26. The van der Waals surface area contributed by atoms with Gasteiger partial charge in [0.2, 0.25) is 0 Å². The first kappa shape index (κ1) is 13.8. The summed E-state index contributed by atoms with van der Waals surface area (Å²) in [6.45, 7) is 3.32. The molecule has 0 saturated heterocycles. The molecule has 96 valence electrons. The van der Waals surface area contributed by atoms with Crippen molar-refractivity contribution in [2.75, 3.05) is 7.11 Å². The van der Waals surface area contributed by atoms with E-state index in [4.69, 9.17) is 4.74 Å². The minimum Gasteiger partial charge on any atom is -0.497 e. The highest BCUT2D eigenvalue weighted by Gasteiger charge is 2.36. The summed E-state index contributed by atoms with van der Waals surface area (Å²) in [5, 5.41) is 9.76. The maximum atomic E-state index is 12.8. The average molecular weight is 248 g/mol. The molecule has 0 spiro atoms. The predicted molar refractivity (Wildman–Crippen MR) is 57.8 cm³/mol. The van der Waals surface area contributed by atoms with E-state index < -0.39 is 17.8 Å². The zero-order valence-corrected chi connectivity index (χ0v) is 9.88. The van der Waals surface area contributed by atoms with E-state index in [9.17, 15) is 18.3 Å². The van der Waals surface area contributed by atoms with Crippen molar-refractivity contribution in [3.8, 4) is 5.75 Å². The van der Waals surface area contributed by atoms with Gasteiger partial charge in [-0.25, -0.2) is 0 Å². The van der Waals surface area contributed by atoms with Crippen LogP contribution in [0.1, 0.15) is 31.1 Å². The molecule has 1 rings (SSSR count). The molecule has 0 saturated carbocycles. The van der Waals surface area contributed by atoms with Crippen LogP contribution in [-0.4, -0.2) is 12.2 Å². The van der Waals surface area contributed by atoms with E-state index >= 15 is 0 Å². The van der Waals surface area contributed by atoms with Crippen molar-refractivity contribution in [1.29, 1.82) is 0 Å². The van der Waals surface area contributed by atoms with Crippen molar-refractivity contribution in [3.63, 3.8) is 0 Å². The summed E-state index contributed by atoms with van der Waals surface area (Å²) in [5.41, 5.74) is -0.966. The Labute approximate surface area is 98.0 Å². The lowest BCUT2D eigenvalue weighted by Gasteiger charge is -2.20. The first-order valence-electron chi connectivity index (χ1n) is 5.20. The van der Waals surface area contributed by atoms with Crippen LogP contribution >= 0.6 is 0 Å². The van der Waals surface area contributed by atoms with Gasteiger partial charge in [-0.1, -0.05) is 19.9 Å². The number of ether oxygens (including phenoxy) is 1. The standard InChI is InChI=1S/C12H15F3O2/c1-7(2)11(16)9-5-4-8(17-3)6-10(9)12(13,14)15/h4-7,11,16H,1-3H3/t11-/m1/s1. The summed E-state index contributed by atoms with van der Waals surface area (Å²) in [5.74, 6) is -0.165. The summed E-state index contributed by atoms with van der Waals surface area (Å²) >= 11 is 0. The molecule has 1 N–H and O–H groups in total. The summed E-state index contributed by atoms with van der Waals surface area (Å²) in [7, 11) is 1.30. The molecular weight excluding hydrogens is 233 g/mol. The Morgan fingerprint density at radius 3 is 2.24 bits per heavy atom. The van der Waals surface area contributed by atoms with E-state index in [1.807, 2.05) is 0 Å². The number of hydrogen-bond donors (Lipinski definition) is 1. The van der Waals surface area contributed by atoms with E-state index in [0.717, 1.165) is 6.07 Å². The van der Waals surface area contributed by atoms with Gasteiger partial charge in [-0.2, -0.15) is 13.2 Å². The summed E-state index contributed by atoms with van der Waals surface area (Å²) in [6.07, 6.45) is -5.64. The molecule has 0 unspecified atom stereocenters. The topological polar surface area (TPSA) is 29.5 Å². The zero-order valence-electron chi connectivity index (χ0n) is 9.88. The highest BCUT2D eigenvalue weighted by molar-refractivity contribution is 5.39. The van der Waals surface area contributed by atoms with E-state index in [1.165, 1.54) is 19.2 Å². The van der Waals surface area contributed by atoms with E-state index in [-0.39, 0.29) is 17.2 Å².